The second-order valence-electron chi connectivity index (χ2n) is 6.29. The highest BCUT2D eigenvalue weighted by Gasteiger charge is 2.28. The number of hydrogen-bond acceptors (Lipinski definition) is 5. The van der Waals surface area contributed by atoms with Crippen LogP contribution in [0.4, 0.5) is 11.4 Å². The zero-order valence-electron chi connectivity index (χ0n) is 15.0. The predicted molar refractivity (Wildman–Crippen MR) is 117 cm³/mol. The molecule has 1 aliphatic heterocycles. The summed E-state index contributed by atoms with van der Waals surface area (Å²) in [6.45, 7) is 0. The van der Waals surface area contributed by atoms with E-state index in [0.717, 1.165) is 0 Å². The Balaban J connectivity index is 1.55. The number of sulfonamides is 2. The average molecular weight is 482 g/mol. The summed E-state index contributed by atoms with van der Waals surface area (Å²) in [4.78, 5) is 0.137. The number of anilines is 2. The largest absolute Gasteiger partial charge is 0.339 e. The molecule has 1 aliphatic rings. The van der Waals surface area contributed by atoms with Crippen LogP contribution in [0.3, 0.4) is 0 Å². The van der Waals surface area contributed by atoms with Crippen LogP contribution >= 0.6 is 23.2 Å². The van der Waals surface area contributed by atoms with Gasteiger partial charge in [-0.3, -0.25) is 4.72 Å². The van der Waals surface area contributed by atoms with Crippen molar-refractivity contribution in [3.8, 4) is 0 Å². The van der Waals surface area contributed by atoms with Gasteiger partial charge >= 0.3 is 0 Å². The summed E-state index contributed by atoms with van der Waals surface area (Å²) in [5.41, 5.74) is 1.21. The van der Waals surface area contributed by atoms with Crippen LogP contribution in [0.2, 0.25) is 10.0 Å². The fraction of sp³-hybridized carbons (Fsp3) is 0. The molecule has 2 N–H and O–H groups in total. The summed E-state index contributed by atoms with van der Waals surface area (Å²) in [5, 5.41) is 3.46. The van der Waals surface area contributed by atoms with Crippen LogP contribution in [0, 0.1) is 0 Å². The first-order valence-electron chi connectivity index (χ1n) is 8.45. The third-order valence-electron chi connectivity index (χ3n) is 4.23. The summed E-state index contributed by atoms with van der Waals surface area (Å²) in [6.07, 6.45) is 0. The van der Waals surface area contributed by atoms with E-state index in [4.69, 9.17) is 23.2 Å². The lowest BCUT2D eigenvalue weighted by atomic mass is 10.2. The molecule has 3 aromatic carbocycles. The van der Waals surface area contributed by atoms with Gasteiger partial charge in [0.15, 0.2) is 5.84 Å². The average Bonchev–Trinajstić information content (AvgIpc) is 2.95. The molecule has 7 nitrogen and oxygen atoms in total. The van der Waals surface area contributed by atoms with Crippen molar-refractivity contribution in [3.05, 3.63) is 82.3 Å². The minimum Gasteiger partial charge on any atom is -0.339 e. The fourth-order valence-electron chi connectivity index (χ4n) is 2.82. The molecule has 4 rings (SSSR count). The van der Waals surface area contributed by atoms with Crippen LogP contribution in [0.15, 0.2) is 80.9 Å². The summed E-state index contributed by atoms with van der Waals surface area (Å²) in [5.74, 6) is 0.176. The molecule has 0 amide bonds. The predicted octanol–water partition coefficient (Wildman–Crippen LogP) is 4.36. The summed E-state index contributed by atoms with van der Waals surface area (Å²) in [7, 11) is -7.61. The minimum absolute atomic E-state index is 0.0144. The van der Waals surface area contributed by atoms with Crippen molar-refractivity contribution in [2.45, 2.75) is 9.79 Å². The van der Waals surface area contributed by atoms with E-state index in [-0.39, 0.29) is 26.3 Å². The lowest BCUT2D eigenvalue weighted by molar-refractivity contribution is 0.598. The first-order chi connectivity index (χ1) is 14.2. The number of amidine groups is 1. The molecular formula is C19H13Cl2N3O4S2. The molecule has 0 atom stereocenters. The molecule has 0 saturated carbocycles. The molecule has 0 radical (unpaired) electrons. The van der Waals surface area contributed by atoms with E-state index in [1.165, 1.54) is 48.5 Å². The maximum Gasteiger partial charge on any atom is 0.285 e. The van der Waals surface area contributed by atoms with Crippen molar-refractivity contribution in [1.29, 1.82) is 0 Å². The molecule has 0 saturated heterocycles. The highest BCUT2D eigenvalue weighted by Crippen LogP contribution is 2.28. The van der Waals surface area contributed by atoms with Gasteiger partial charge in [-0.1, -0.05) is 35.3 Å². The molecule has 0 fully saturated rings. The van der Waals surface area contributed by atoms with Crippen molar-refractivity contribution in [2.24, 2.45) is 4.40 Å². The van der Waals surface area contributed by atoms with E-state index in [0.29, 0.717) is 16.3 Å². The number of benzene rings is 3. The molecular weight excluding hydrogens is 469 g/mol. The molecule has 0 aliphatic carbocycles. The van der Waals surface area contributed by atoms with E-state index < -0.39 is 20.0 Å². The van der Waals surface area contributed by atoms with Crippen LogP contribution in [0.25, 0.3) is 0 Å². The summed E-state index contributed by atoms with van der Waals surface area (Å²) in [6, 6.07) is 16.7. The topological polar surface area (TPSA) is 105 Å². The normalized spacial score (nSPS) is 14.7. The van der Waals surface area contributed by atoms with E-state index in [1.54, 1.807) is 18.2 Å². The Morgan fingerprint density at radius 1 is 0.833 bits per heavy atom. The molecule has 11 heteroatoms. The quantitative estimate of drug-likeness (QED) is 0.575. The van der Waals surface area contributed by atoms with E-state index in [2.05, 4.69) is 14.4 Å². The number of nitrogens with zero attached hydrogens (tertiary/aromatic N) is 1. The summed E-state index contributed by atoms with van der Waals surface area (Å²) >= 11 is 11.8. The van der Waals surface area contributed by atoms with E-state index in [1.807, 2.05) is 0 Å². The van der Waals surface area contributed by atoms with Gasteiger partial charge < -0.3 is 5.32 Å². The van der Waals surface area contributed by atoms with Crippen LogP contribution in [-0.4, -0.2) is 22.7 Å². The first-order valence-corrected chi connectivity index (χ1v) is 12.1. The third kappa shape index (κ3) is 4.01. The monoisotopic (exact) mass is 481 g/mol. The Labute approximate surface area is 183 Å². The van der Waals surface area contributed by atoms with Gasteiger partial charge in [0.25, 0.3) is 20.0 Å². The number of halogens is 2. The van der Waals surface area contributed by atoms with Gasteiger partial charge in [-0.2, -0.15) is 8.42 Å². The third-order valence-corrected chi connectivity index (χ3v) is 7.70. The number of nitrogens with one attached hydrogen (secondary N) is 2. The van der Waals surface area contributed by atoms with Crippen molar-refractivity contribution in [1.82, 2.24) is 0 Å². The number of hydrogen-bond donors (Lipinski definition) is 2. The Morgan fingerprint density at radius 2 is 1.50 bits per heavy atom. The number of rotatable bonds is 4. The van der Waals surface area contributed by atoms with Crippen LogP contribution in [0.1, 0.15) is 5.56 Å². The summed E-state index contributed by atoms with van der Waals surface area (Å²) < 4.78 is 55.6. The number of fused-ring (bicyclic) bond motifs is 1. The standard InChI is InChI=1S/C19H13Cl2N3O4S2/c20-16-10-7-13(11-17(16)21)23-29(25,26)14-8-5-12(6-9-14)22-19-15-3-1-2-4-18(15)30(27,28)24-19/h1-11,23H,(H,22,24). The van der Waals surface area contributed by atoms with Gasteiger partial charge in [-0.25, -0.2) is 8.42 Å². The highest BCUT2D eigenvalue weighted by atomic mass is 35.5. The van der Waals surface area contributed by atoms with Crippen LogP contribution in [0.5, 0.6) is 0 Å². The SMILES string of the molecule is O=S1(=O)N=C(Nc2ccc(S(=O)(=O)Nc3ccc(Cl)c(Cl)c3)cc2)c2ccccc21. The van der Waals surface area contributed by atoms with E-state index in [9.17, 15) is 16.8 Å². The zero-order chi connectivity index (χ0) is 21.5. The Bertz CT molecular complexity index is 1390. The smallest absolute Gasteiger partial charge is 0.285 e. The lowest BCUT2D eigenvalue weighted by Crippen LogP contribution is -2.14. The molecule has 1 heterocycles. The Morgan fingerprint density at radius 3 is 2.20 bits per heavy atom. The fourth-order valence-corrected chi connectivity index (χ4v) is 5.35. The molecule has 0 spiro atoms. The van der Waals surface area contributed by atoms with Gasteiger partial charge in [-0.15, -0.1) is 4.40 Å². The van der Waals surface area contributed by atoms with Gasteiger partial charge in [0.1, 0.15) is 4.90 Å². The van der Waals surface area contributed by atoms with Crippen molar-refractivity contribution < 1.29 is 16.8 Å². The second-order valence-corrected chi connectivity index (χ2v) is 10.4. The maximum atomic E-state index is 12.6. The molecule has 0 aromatic heterocycles. The van der Waals surface area contributed by atoms with Gasteiger partial charge in [0, 0.05) is 11.3 Å². The minimum atomic E-state index is -3.86. The van der Waals surface area contributed by atoms with Crippen LogP contribution in [-0.2, 0) is 20.0 Å². The molecule has 154 valence electrons. The molecule has 3 aromatic rings. The Kier molecular flexibility index (Phi) is 5.23. The molecule has 30 heavy (non-hydrogen) atoms. The first kappa shape index (κ1) is 20.7. The van der Waals surface area contributed by atoms with Crippen molar-refractivity contribution in [3.63, 3.8) is 0 Å². The van der Waals surface area contributed by atoms with Crippen molar-refractivity contribution in [2.75, 3.05) is 10.0 Å². The molecule has 0 unspecified atom stereocenters. The molecule has 0 bridgehead atoms. The maximum absolute atomic E-state index is 12.6. The van der Waals surface area contributed by atoms with Gasteiger partial charge in [0.2, 0.25) is 0 Å². The van der Waals surface area contributed by atoms with Crippen LogP contribution < -0.4 is 10.0 Å². The van der Waals surface area contributed by atoms with Crippen molar-refractivity contribution >= 4 is 60.5 Å². The van der Waals surface area contributed by atoms with Gasteiger partial charge in [-0.05, 0) is 54.6 Å². The zero-order valence-corrected chi connectivity index (χ0v) is 18.1. The second kappa shape index (κ2) is 7.59. The highest BCUT2D eigenvalue weighted by molar-refractivity contribution is 7.92. The lowest BCUT2D eigenvalue weighted by Gasteiger charge is -2.10. The van der Waals surface area contributed by atoms with Gasteiger partial charge in [0.05, 0.1) is 20.6 Å². The van der Waals surface area contributed by atoms with E-state index >= 15 is 0 Å². The Hall–Kier alpha value is -2.59.